The van der Waals surface area contributed by atoms with Gasteiger partial charge in [0.05, 0.1) is 12.1 Å². The molecule has 0 aliphatic rings. The first-order chi connectivity index (χ1) is 9.59. The van der Waals surface area contributed by atoms with Gasteiger partial charge in [0.2, 0.25) is 5.91 Å². The van der Waals surface area contributed by atoms with Gasteiger partial charge in [0, 0.05) is 12.5 Å². The number of amides is 1. The summed E-state index contributed by atoms with van der Waals surface area (Å²) in [4.78, 5) is 21.9. The molecule has 2 rings (SSSR count). The predicted molar refractivity (Wildman–Crippen MR) is 76.5 cm³/mol. The first kappa shape index (κ1) is 13.6. The van der Waals surface area contributed by atoms with Crippen LogP contribution >= 0.6 is 0 Å². The van der Waals surface area contributed by atoms with Crippen molar-refractivity contribution in [2.75, 3.05) is 6.54 Å². The highest BCUT2D eigenvalue weighted by Crippen LogP contribution is 2.22. The maximum atomic E-state index is 11.2. The third-order valence-corrected chi connectivity index (χ3v) is 2.80. The van der Waals surface area contributed by atoms with Crippen molar-refractivity contribution in [3.05, 3.63) is 47.5 Å². The number of nitrogens with one attached hydrogen (secondary N) is 1. The van der Waals surface area contributed by atoms with Gasteiger partial charge >= 0.3 is 5.97 Å². The van der Waals surface area contributed by atoms with Crippen LogP contribution in [0.25, 0.3) is 10.8 Å². The lowest BCUT2D eigenvalue weighted by Crippen LogP contribution is -2.19. The Bertz CT molecular complexity index is 738. The van der Waals surface area contributed by atoms with E-state index in [0.717, 1.165) is 10.9 Å². The van der Waals surface area contributed by atoms with Crippen molar-refractivity contribution in [1.29, 1.82) is 0 Å². The van der Waals surface area contributed by atoms with Crippen molar-refractivity contribution < 1.29 is 14.7 Å². The van der Waals surface area contributed by atoms with Crippen molar-refractivity contribution in [1.82, 2.24) is 5.32 Å². The number of hydrogen-bond donors (Lipinski definition) is 2. The Morgan fingerprint density at radius 1 is 1.15 bits per heavy atom. The minimum atomic E-state index is -0.959. The summed E-state index contributed by atoms with van der Waals surface area (Å²) in [5.74, 6) is 4.70. The van der Waals surface area contributed by atoms with E-state index in [1.54, 1.807) is 24.3 Å². The van der Waals surface area contributed by atoms with E-state index < -0.39 is 5.97 Å². The van der Waals surface area contributed by atoms with E-state index in [2.05, 4.69) is 17.2 Å². The second-order valence-electron chi connectivity index (χ2n) is 4.22. The van der Waals surface area contributed by atoms with Crippen LogP contribution in [0.4, 0.5) is 0 Å². The summed E-state index contributed by atoms with van der Waals surface area (Å²) in [7, 11) is 0. The van der Waals surface area contributed by atoms with Crippen molar-refractivity contribution in [3.8, 4) is 11.8 Å². The van der Waals surface area contributed by atoms with Crippen LogP contribution in [0.3, 0.4) is 0 Å². The molecule has 0 aliphatic heterocycles. The molecule has 0 saturated heterocycles. The third kappa shape index (κ3) is 2.96. The van der Waals surface area contributed by atoms with Gasteiger partial charge < -0.3 is 10.4 Å². The molecule has 0 heterocycles. The Kier molecular flexibility index (Phi) is 4.02. The van der Waals surface area contributed by atoms with Gasteiger partial charge in [0.25, 0.3) is 0 Å². The SMILES string of the molecule is CC(=O)NCC#Cc1cccc2c(C(=O)O)cccc12. The van der Waals surface area contributed by atoms with Crippen LogP contribution < -0.4 is 5.32 Å². The molecule has 2 aromatic carbocycles. The lowest BCUT2D eigenvalue weighted by Gasteiger charge is -2.04. The maximum absolute atomic E-state index is 11.2. The molecule has 4 heteroatoms. The van der Waals surface area contributed by atoms with Gasteiger partial charge in [-0.2, -0.15) is 0 Å². The number of carbonyl (C=O) groups excluding carboxylic acids is 1. The minimum absolute atomic E-state index is 0.134. The monoisotopic (exact) mass is 267 g/mol. The third-order valence-electron chi connectivity index (χ3n) is 2.80. The van der Waals surface area contributed by atoms with Gasteiger partial charge in [-0.15, -0.1) is 0 Å². The first-order valence-electron chi connectivity index (χ1n) is 6.08. The Hall–Kier alpha value is -2.80. The van der Waals surface area contributed by atoms with Crippen molar-refractivity contribution >= 4 is 22.6 Å². The first-order valence-corrected chi connectivity index (χ1v) is 6.08. The molecule has 0 saturated carbocycles. The lowest BCUT2D eigenvalue weighted by atomic mass is 10.0. The van der Waals surface area contributed by atoms with Crippen LogP contribution in [0.1, 0.15) is 22.8 Å². The Morgan fingerprint density at radius 3 is 2.55 bits per heavy atom. The number of carbonyl (C=O) groups is 2. The van der Waals surface area contributed by atoms with E-state index in [4.69, 9.17) is 5.11 Å². The predicted octanol–water partition coefficient (Wildman–Crippen LogP) is 2.03. The standard InChI is InChI=1S/C16H13NO3/c1-11(18)17-10-4-6-12-5-2-8-14-13(12)7-3-9-15(14)16(19)20/h2-3,5,7-9H,10H2,1H3,(H,17,18)(H,19,20). The largest absolute Gasteiger partial charge is 0.478 e. The van der Waals surface area contributed by atoms with Crippen molar-refractivity contribution in [3.63, 3.8) is 0 Å². The summed E-state index contributed by atoms with van der Waals surface area (Å²) in [5, 5.41) is 13.2. The van der Waals surface area contributed by atoms with Crippen LogP contribution in [0.2, 0.25) is 0 Å². The van der Waals surface area contributed by atoms with Crippen molar-refractivity contribution in [2.24, 2.45) is 0 Å². The molecule has 0 atom stereocenters. The summed E-state index contributed by atoms with van der Waals surface area (Å²) in [6, 6.07) is 10.5. The van der Waals surface area contributed by atoms with Crippen molar-refractivity contribution in [2.45, 2.75) is 6.92 Å². The van der Waals surface area contributed by atoms with E-state index in [1.807, 2.05) is 12.1 Å². The molecule has 0 unspecified atom stereocenters. The number of rotatable bonds is 2. The maximum Gasteiger partial charge on any atom is 0.336 e. The quantitative estimate of drug-likeness (QED) is 0.818. The zero-order valence-electron chi connectivity index (χ0n) is 10.9. The fraction of sp³-hybridized carbons (Fsp3) is 0.125. The average Bonchev–Trinajstić information content (AvgIpc) is 2.42. The van der Waals surface area contributed by atoms with E-state index >= 15 is 0 Å². The van der Waals surface area contributed by atoms with Gasteiger partial charge in [0.15, 0.2) is 0 Å². The fourth-order valence-electron chi connectivity index (χ4n) is 1.91. The smallest absolute Gasteiger partial charge is 0.336 e. The number of benzene rings is 2. The fourth-order valence-corrected chi connectivity index (χ4v) is 1.91. The molecule has 2 N–H and O–H groups in total. The number of hydrogen-bond acceptors (Lipinski definition) is 2. The van der Waals surface area contributed by atoms with Gasteiger partial charge in [-0.05, 0) is 22.9 Å². The average molecular weight is 267 g/mol. The van der Waals surface area contributed by atoms with E-state index in [1.165, 1.54) is 6.92 Å². The second kappa shape index (κ2) is 5.89. The molecule has 0 aromatic heterocycles. The Morgan fingerprint density at radius 2 is 1.85 bits per heavy atom. The molecule has 2 aromatic rings. The van der Waals surface area contributed by atoms with E-state index in [-0.39, 0.29) is 18.0 Å². The van der Waals surface area contributed by atoms with E-state index in [0.29, 0.717) is 5.39 Å². The normalized spacial score (nSPS) is 9.65. The topological polar surface area (TPSA) is 66.4 Å². The molecule has 1 amide bonds. The van der Waals surface area contributed by atoms with Crippen LogP contribution in [0.15, 0.2) is 36.4 Å². The molecule has 0 fully saturated rings. The van der Waals surface area contributed by atoms with Gasteiger partial charge in [-0.1, -0.05) is 36.1 Å². The highest BCUT2D eigenvalue weighted by atomic mass is 16.4. The van der Waals surface area contributed by atoms with Crippen LogP contribution in [0.5, 0.6) is 0 Å². The zero-order valence-corrected chi connectivity index (χ0v) is 10.9. The van der Waals surface area contributed by atoms with Gasteiger partial charge in [0.1, 0.15) is 0 Å². The number of carboxylic acids is 1. The molecule has 100 valence electrons. The molecular formula is C16H13NO3. The van der Waals surface area contributed by atoms with E-state index in [9.17, 15) is 9.59 Å². The summed E-state index contributed by atoms with van der Waals surface area (Å²) in [6.07, 6.45) is 0. The molecule has 0 spiro atoms. The lowest BCUT2D eigenvalue weighted by molar-refractivity contribution is -0.118. The minimum Gasteiger partial charge on any atom is -0.478 e. The van der Waals surface area contributed by atoms with Gasteiger partial charge in [-0.3, -0.25) is 4.79 Å². The number of aromatic carboxylic acids is 1. The molecule has 0 aliphatic carbocycles. The summed E-state index contributed by atoms with van der Waals surface area (Å²) in [5.41, 5.74) is 1.00. The highest BCUT2D eigenvalue weighted by Gasteiger charge is 2.08. The molecule has 0 bridgehead atoms. The molecule has 20 heavy (non-hydrogen) atoms. The summed E-state index contributed by atoms with van der Waals surface area (Å²) >= 11 is 0. The molecule has 0 radical (unpaired) electrons. The molecular weight excluding hydrogens is 254 g/mol. The zero-order chi connectivity index (χ0) is 14.5. The van der Waals surface area contributed by atoms with Crippen LogP contribution in [-0.4, -0.2) is 23.5 Å². The Balaban J connectivity index is 2.42. The summed E-state index contributed by atoms with van der Waals surface area (Å²) < 4.78 is 0. The van der Waals surface area contributed by atoms with Gasteiger partial charge in [-0.25, -0.2) is 4.79 Å². The van der Waals surface area contributed by atoms with Crippen LogP contribution in [-0.2, 0) is 4.79 Å². The summed E-state index contributed by atoms with van der Waals surface area (Å²) in [6.45, 7) is 1.70. The molecule has 4 nitrogen and oxygen atoms in total. The number of fused-ring (bicyclic) bond motifs is 1. The van der Waals surface area contributed by atoms with Crippen LogP contribution in [0, 0.1) is 11.8 Å². The Labute approximate surface area is 116 Å². The highest BCUT2D eigenvalue weighted by molar-refractivity contribution is 6.05. The number of carboxylic acid groups (broad SMARTS) is 1. The second-order valence-corrected chi connectivity index (χ2v) is 4.22.